The molecule has 140 valence electrons. The van der Waals surface area contributed by atoms with Gasteiger partial charge in [-0.2, -0.15) is 0 Å². The van der Waals surface area contributed by atoms with Crippen LogP contribution < -0.4 is 4.74 Å². The van der Waals surface area contributed by atoms with Gasteiger partial charge in [-0.1, -0.05) is 12.1 Å². The van der Waals surface area contributed by atoms with Gasteiger partial charge in [0.15, 0.2) is 0 Å². The highest BCUT2D eigenvalue weighted by Gasteiger charge is 2.26. The maximum Gasteiger partial charge on any atom is 0.222 e. The largest absolute Gasteiger partial charge is 0.494 e. The van der Waals surface area contributed by atoms with Gasteiger partial charge in [0.1, 0.15) is 5.75 Å². The molecule has 1 aliphatic rings. The number of rotatable bonds is 8. The van der Waals surface area contributed by atoms with Crippen molar-refractivity contribution in [3.05, 3.63) is 29.3 Å². The zero-order valence-electron chi connectivity index (χ0n) is 15.4. The van der Waals surface area contributed by atoms with Gasteiger partial charge < -0.3 is 19.8 Å². The van der Waals surface area contributed by atoms with E-state index in [-0.39, 0.29) is 18.4 Å². The molecule has 0 saturated carbocycles. The van der Waals surface area contributed by atoms with E-state index in [2.05, 4.69) is 12.1 Å². The predicted molar refractivity (Wildman–Crippen MR) is 97.7 cm³/mol. The van der Waals surface area contributed by atoms with Crippen LogP contribution in [0.1, 0.15) is 43.7 Å². The topological polar surface area (TPSA) is 70.0 Å². The van der Waals surface area contributed by atoms with Gasteiger partial charge in [0.25, 0.3) is 0 Å². The molecule has 2 rings (SSSR count). The fourth-order valence-corrected chi connectivity index (χ4v) is 3.47. The number of carbonyl (C=O) groups excluding carboxylic acids is 1. The van der Waals surface area contributed by atoms with Crippen molar-refractivity contribution < 1.29 is 19.7 Å². The SMILES string of the molecule is CCOc1ccc(CCCC(=O)N2CCC(C(O)CO)CC2)cc1C. The van der Waals surface area contributed by atoms with Crippen molar-refractivity contribution in [1.82, 2.24) is 4.90 Å². The maximum atomic E-state index is 12.3. The Morgan fingerprint density at radius 2 is 2.08 bits per heavy atom. The summed E-state index contributed by atoms with van der Waals surface area (Å²) in [6.07, 6.45) is 3.17. The summed E-state index contributed by atoms with van der Waals surface area (Å²) in [6.45, 7) is 5.86. The summed E-state index contributed by atoms with van der Waals surface area (Å²) >= 11 is 0. The van der Waals surface area contributed by atoms with Crippen LogP contribution in [0.15, 0.2) is 18.2 Å². The minimum Gasteiger partial charge on any atom is -0.494 e. The second-order valence-electron chi connectivity index (χ2n) is 6.85. The van der Waals surface area contributed by atoms with Gasteiger partial charge in [0.05, 0.1) is 19.3 Å². The summed E-state index contributed by atoms with van der Waals surface area (Å²) < 4.78 is 5.55. The third-order valence-electron chi connectivity index (χ3n) is 5.02. The average Bonchev–Trinajstić information content (AvgIpc) is 2.63. The lowest BCUT2D eigenvalue weighted by Crippen LogP contribution is -2.41. The van der Waals surface area contributed by atoms with Crippen molar-refractivity contribution in [3.8, 4) is 5.75 Å². The zero-order chi connectivity index (χ0) is 18.2. The van der Waals surface area contributed by atoms with Crippen LogP contribution in [0.3, 0.4) is 0 Å². The summed E-state index contributed by atoms with van der Waals surface area (Å²) in [5.74, 6) is 1.23. The Labute approximate surface area is 150 Å². The molecule has 25 heavy (non-hydrogen) atoms. The molecule has 0 aromatic heterocycles. The smallest absolute Gasteiger partial charge is 0.222 e. The van der Waals surface area contributed by atoms with E-state index in [1.807, 2.05) is 24.8 Å². The number of carbonyl (C=O) groups is 1. The first-order valence-electron chi connectivity index (χ1n) is 9.34. The van der Waals surface area contributed by atoms with Crippen LogP contribution in [0.4, 0.5) is 0 Å². The third-order valence-corrected chi connectivity index (χ3v) is 5.02. The average molecular weight is 349 g/mol. The first kappa shape index (κ1) is 19.7. The summed E-state index contributed by atoms with van der Waals surface area (Å²) in [4.78, 5) is 14.2. The molecule has 5 nitrogen and oxygen atoms in total. The number of benzene rings is 1. The minimum absolute atomic E-state index is 0.112. The van der Waals surface area contributed by atoms with E-state index in [1.165, 1.54) is 5.56 Å². The molecule has 0 aliphatic carbocycles. The number of hydrogen-bond acceptors (Lipinski definition) is 4. The molecular formula is C20H31NO4. The van der Waals surface area contributed by atoms with E-state index in [0.29, 0.717) is 26.1 Å². The van der Waals surface area contributed by atoms with E-state index < -0.39 is 6.10 Å². The van der Waals surface area contributed by atoms with E-state index in [9.17, 15) is 9.90 Å². The normalized spacial score (nSPS) is 16.7. The molecule has 1 unspecified atom stereocenters. The highest BCUT2D eigenvalue weighted by atomic mass is 16.5. The maximum absolute atomic E-state index is 12.3. The lowest BCUT2D eigenvalue weighted by molar-refractivity contribution is -0.133. The minimum atomic E-state index is -0.653. The highest BCUT2D eigenvalue weighted by molar-refractivity contribution is 5.76. The molecule has 1 aromatic carbocycles. The van der Waals surface area contributed by atoms with Crippen LogP contribution in [0.2, 0.25) is 0 Å². The molecular weight excluding hydrogens is 318 g/mol. The standard InChI is InChI=1S/C20H31NO4/c1-3-25-19-8-7-16(13-15(19)2)5-4-6-20(24)21-11-9-17(10-12-21)18(23)14-22/h7-8,13,17-18,22-23H,3-6,9-12,14H2,1-2H3. The highest BCUT2D eigenvalue weighted by Crippen LogP contribution is 2.22. The number of amides is 1. The number of aryl methyl sites for hydroxylation is 2. The lowest BCUT2D eigenvalue weighted by atomic mass is 9.91. The molecule has 5 heteroatoms. The number of ether oxygens (including phenoxy) is 1. The molecule has 1 heterocycles. The summed E-state index contributed by atoms with van der Waals surface area (Å²) in [5, 5.41) is 18.7. The quantitative estimate of drug-likeness (QED) is 0.756. The van der Waals surface area contributed by atoms with Gasteiger partial charge in [-0.05, 0) is 62.6 Å². The molecule has 1 fully saturated rings. The number of likely N-dealkylation sites (tertiary alicyclic amines) is 1. The Morgan fingerprint density at radius 1 is 1.36 bits per heavy atom. The van der Waals surface area contributed by atoms with Crippen LogP contribution >= 0.6 is 0 Å². The fraction of sp³-hybridized carbons (Fsp3) is 0.650. The van der Waals surface area contributed by atoms with Crippen molar-refractivity contribution in [2.45, 2.75) is 52.1 Å². The number of aliphatic hydroxyl groups excluding tert-OH is 2. The molecule has 0 bridgehead atoms. The van der Waals surface area contributed by atoms with Crippen molar-refractivity contribution in [2.75, 3.05) is 26.3 Å². The molecule has 1 saturated heterocycles. The zero-order valence-corrected chi connectivity index (χ0v) is 15.4. The van der Waals surface area contributed by atoms with Gasteiger partial charge in [0, 0.05) is 19.5 Å². The van der Waals surface area contributed by atoms with E-state index in [4.69, 9.17) is 9.84 Å². The van der Waals surface area contributed by atoms with Crippen molar-refractivity contribution >= 4 is 5.91 Å². The summed E-state index contributed by atoms with van der Waals surface area (Å²) in [7, 11) is 0. The van der Waals surface area contributed by atoms with Crippen LogP contribution in [0, 0.1) is 12.8 Å². The Kier molecular flexibility index (Phi) is 7.72. The van der Waals surface area contributed by atoms with E-state index in [0.717, 1.165) is 37.0 Å². The van der Waals surface area contributed by atoms with Crippen LogP contribution in [-0.2, 0) is 11.2 Å². The molecule has 1 atom stereocenters. The number of piperidine rings is 1. The number of aliphatic hydroxyl groups is 2. The molecule has 1 aliphatic heterocycles. The van der Waals surface area contributed by atoms with Gasteiger partial charge in [-0.15, -0.1) is 0 Å². The number of nitrogens with zero attached hydrogens (tertiary/aromatic N) is 1. The van der Waals surface area contributed by atoms with Gasteiger partial charge in [-0.25, -0.2) is 0 Å². The number of hydrogen-bond donors (Lipinski definition) is 2. The third kappa shape index (κ3) is 5.72. The van der Waals surface area contributed by atoms with Gasteiger partial charge in [-0.3, -0.25) is 4.79 Å². The first-order chi connectivity index (χ1) is 12.0. The second-order valence-corrected chi connectivity index (χ2v) is 6.85. The van der Waals surface area contributed by atoms with Crippen molar-refractivity contribution in [2.24, 2.45) is 5.92 Å². The van der Waals surface area contributed by atoms with E-state index >= 15 is 0 Å². The fourth-order valence-electron chi connectivity index (χ4n) is 3.47. The van der Waals surface area contributed by atoms with Crippen molar-refractivity contribution in [3.63, 3.8) is 0 Å². The first-order valence-corrected chi connectivity index (χ1v) is 9.34. The molecule has 0 radical (unpaired) electrons. The lowest BCUT2D eigenvalue weighted by Gasteiger charge is -2.33. The van der Waals surface area contributed by atoms with Crippen molar-refractivity contribution in [1.29, 1.82) is 0 Å². The van der Waals surface area contributed by atoms with E-state index in [1.54, 1.807) is 0 Å². The second kappa shape index (κ2) is 9.78. The molecule has 1 amide bonds. The monoisotopic (exact) mass is 349 g/mol. The van der Waals surface area contributed by atoms with Gasteiger partial charge >= 0.3 is 0 Å². The Balaban J connectivity index is 1.73. The predicted octanol–water partition coefficient (Wildman–Crippen LogP) is 2.31. The van der Waals surface area contributed by atoms with Gasteiger partial charge in [0.2, 0.25) is 5.91 Å². The van der Waals surface area contributed by atoms with Crippen LogP contribution in [0.25, 0.3) is 0 Å². The van der Waals surface area contributed by atoms with Crippen LogP contribution in [-0.4, -0.2) is 53.4 Å². The molecule has 2 N–H and O–H groups in total. The summed E-state index contributed by atoms with van der Waals surface area (Å²) in [6, 6.07) is 6.22. The van der Waals surface area contributed by atoms with Crippen LogP contribution in [0.5, 0.6) is 5.75 Å². The molecule has 1 aromatic rings. The summed E-state index contributed by atoms with van der Waals surface area (Å²) in [5.41, 5.74) is 2.37. The Morgan fingerprint density at radius 3 is 2.68 bits per heavy atom. The Bertz CT molecular complexity index is 553. The Hall–Kier alpha value is -1.59. The molecule has 0 spiro atoms.